The van der Waals surface area contributed by atoms with Crippen molar-refractivity contribution in [1.82, 2.24) is 10.6 Å². The molecule has 0 spiro atoms. The monoisotopic (exact) mass is 443 g/mol. The van der Waals surface area contributed by atoms with E-state index >= 15 is 0 Å². The highest BCUT2D eigenvalue weighted by Crippen LogP contribution is 2.44. The summed E-state index contributed by atoms with van der Waals surface area (Å²) < 4.78 is 10.3. The Kier molecular flexibility index (Phi) is 6.63. The molecule has 0 saturated heterocycles. The lowest BCUT2D eigenvalue weighted by Crippen LogP contribution is -2.39. The summed E-state index contributed by atoms with van der Waals surface area (Å²) in [6.45, 7) is -0.522. The lowest BCUT2D eigenvalue weighted by atomic mass is 10.0. The van der Waals surface area contributed by atoms with Gasteiger partial charge in [0.2, 0.25) is 18.4 Å². The number of fused-ring (bicyclic) bond motifs is 1. The number of nitrogens with two attached hydrogens (primary N) is 2. The summed E-state index contributed by atoms with van der Waals surface area (Å²) in [4.78, 5) is 39.9. The van der Waals surface area contributed by atoms with Gasteiger partial charge in [0.05, 0.1) is 24.7 Å². The number of guanidine groups is 1. The number of benzene rings is 2. The maximum atomic E-state index is 12.4. The molecule has 1 atom stereocenters. The molecule has 0 bridgehead atoms. The molecule has 2 aromatic carbocycles. The summed E-state index contributed by atoms with van der Waals surface area (Å²) in [6, 6.07) is 7.98. The van der Waals surface area contributed by atoms with Crippen LogP contribution in [0.3, 0.4) is 0 Å². The molecule has 1 heterocycles. The summed E-state index contributed by atoms with van der Waals surface area (Å²) in [6.07, 6.45) is -0.506. The number of nitrogens with one attached hydrogen (secondary N) is 2. The number of nitrogens with zero attached hydrogens (tertiary/aromatic N) is 1. The number of aliphatic imine (C=N–C) groups is 1. The minimum atomic E-state index is -1.20. The SMILES string of the molecule is NC(N)=Nc1cccc(C(=O)NCC(=O)NC(CC(=O)O)c2ccc3c(c2O)OCO3)c1. The van der Waals surface area contributed by atoms with E-state index in [4.69, 9.17) is 20.9 Å². The van der Waals surface area contributed by atoms with Gasteiger partial charge in [-0.05, 0) is 30.3 Å². The van der Waals surface area contributed by atoms with Gasteiger partial charge in [0.25, 0.3) is 5.91 Å². The van der Waals surface area contributed by atoms with Gasteiger partial charge in [0, 0.05) is 11.1 Å². The third-order valence-electron chi connectivity index (χ3n) is 4.41. The van der Waals surface area contributed by atoms with Gasteiger partial charge in [0.1, 0.15) is 0 Å². The topological polar surface area (TPSA) is 199 Å². The molecule has 8 N–H and O–H groups in total. The predicted molar refractivity (Wildman–Crippen MR) is 112 cm³/mol. The van der Waals surface area contributed by atoms with Gasteiger partial charge in [-0.1, -0.05) is 6.07 Å². The van der Waals surface area contributed by atoms with Crippen LogP contribution in [-0.4, -0.2) is 47.3 Å². The Hall–Kier alpha value is -4.48. The molecule has 32 heavy (non-hydrogen) atoms. The number of carboxylic acid groups (broad SMARTS) is 1. The summed E-state index contributed by atoms with van der Waals surface area (Å²) in [5, 5.41) is 24.5. The van der Waals surface area contributed by atoms with Gasteiger partial charge < -0.3 is 41.8 Å². The van der Waals surface area contributed by atoms with Crippen LogP contribution in [0.4, 0.5) is 5.69 Å². The standard InChI is InChI=1S/C20H21N5O7/c21-20(22)24-11-3-1-2-10(6-11)19(30)23-8-15(26)25-13(7-16(27)28)12-4-5-14-18(17(12)29)32-9-31-14/h1-6,13,29H,7-9H2,(H,23,30)(H,25,26)(H,27,28)(H4,21,22,24). The van der Waals surface area contributed by atoms with E-state index in [0.717, 1.165) is 0 Å². The number of phenols is 1. The number of carbonyl (C=O) groups excluding carboxylic acids is 2. The number of aliphatic carboxylic acids is 1. The second kappa shape index (κ2) is 9.55. The molecule has 0 radical (unpaired) electrons. The fraction of sp³-hybridized carbons (Fsp3) is 0.200. The summed E-state index contributed by atoms with van der Waals surface area (Å²) >= 11 is 0. The first kappa shape index (κ1) is 22.2. The molecular weight excluding hydrogens is 422 g/mol. The van der Waals surface area contributed by atoms with E-state index in [1.807, 2.05) is 0 Å². The molecular formula is C20H21N5O7. The number of hydrogen-bond acceptors (Lipinski definition) is 7. The van der Waals surface area contributed by atoms with E-state index in [1.54, 1.807) is 12.1 Å². The van der Waals surface area contributed by atoms with Crippen molar-refractivity contribution in [2.45, 2.75) is 12.5 Å². The van der Waals surface area contributed by atoms with Crippen LogP contribution in [0.5, 0.6) is 17.2 Å². The number of hydrogen-bond donors (Lipinski definition) is 6. The minimum Gasteiger partial charge on any atom is -0.504 e. The summed E-state index contributed by atoms with van der Waals surface area (Å²) in [7, 11) is 0. The quantitative estimate of drug-likeness (QED) is 0.242. The number of aromatic hydroxyl groups is 1. The van der Waals surface area contributed by atoms with Gasteiger partial charge in [0.15, 0.2) is 17.5 Å². The van der Waals surface area contributed by atoms with Gasteiger partial charge in [-0.2, -0.15) is 0 Å². The molecule has 0 fully saturated rings. The second-order valence-corrected chi connectivity index (χ2v) is 6.72. The highest BCUT2D eigenvalue weighted by Gasteiger charge is 2.27. The van der Waals surface area contributed by atoms with Crippen molar-refractivity contribution in [3.05, 3.63) is 47.5 Å². The van der Waals surface area contributed by atoms with Crippen molar-refractivity contribution in [2.75, 3.05) is 13.3 Å². The lowest BCUT2D eigenvalue weighted by molar-refractivity contribution is -0.137. The van der Waals surface area contributed by atoms with Crippen LogP contribution in [0.15, 0.2) is 41.4 Å². The summed E-state index contributed by atoms with van der Waals surface area (Å²) in [5.41, 5.74) is 11.4. The van der Waals surface area contributed by atoms with Crippen molar-refractivity contribution in [3.8, 4) is 17.2 Å². The Bertz CT molecular complexity index is 1080. The van der Waals surface area contributed by atoms with Gasteiger partial charge in [-0.15, -0.1) is 0 Å². The van der Waals surface area contributed by atoms with Crippen LogP contribution in [0.1, 0.15) is 28.4 Å². The molecule has 0 aromatic heterocycles. The Morgan fingerprint density at radius 1 is 1.16 bits per heavy atom. The summed E-state index contributed by atoms with van der Waals surface area (Å²) in [5.74, 6) is -2.54. The Morgan fingerprint density at radius 3 is 2.66 bits per heavy atom. The van der Waals surface area contributed by atoms with Crippen LogP contribution < -0.4 is 31.6 Å². The second-order valence-electron chi connectivity index (χ2n) is 6.72. The lowest BCUT2D eigenvalue weighted by Gasteiger charge is -2.19. The van der Waals surface area contributed by atoms with E-state index in [1.165, 1.54) is 24.3 Å². The molecule has 3 rings (SSSR count). The zero-order valence-corrected chi connectivity index (χ0v) is 16.7. The third-order valence-corrected chi connectivity index (χ3v) is 4.41. The Balaban J connectivity index is 1.67. The molecule has 1 aliphatic heterocycles. The molecule has 168 valence electrons. The minimum absolute atomic E-state index is 0.0705. The number of rotatable bonds is 8. The average molecular weight is 443 g/mol. The Labute approximate surface area is 181 Å². The maximum Gasteiger partial charge on any atom is 0.305 e. The Morgan fingerprint density at radius 2 is 1.94 bits per heavy atom. The molecule has 0 aliphatic carbocycles. The number of carbonyl (C=O) groups is 3. The van der Waals surface area contributed by atoms with Gasteiger partial charge in [-0.3, -0.25) is 14.4 Å². The molecule has 2 amide bonds. The normalized spacial score (nSPS) is 12.5. The van der Waals surface area contributed by atoms with Crippen LogP contribution in [0.2, 0.25) is 0 Å². The number of amides is 2. The van der Waals surface area contributed by atoms with Crippen molar-refractivity contribution in [1.29, 1.82) is 0 Å². The molecule has 12 nitrogen and oxygen atoms in total. The van der Waals surface area contributed by atoms with E-state index < -0.39 is 36.8 Å². The van der Waals surface area contributed by atoms with Crippen molar-refractivity contribution in [2.24, 2.45) is 16.5 Å². The third kappa shape index (κ3) is 5.36. The van der Waals surface area contributed by atoms with Crippen molar-refractivity contribution >= 4 is 29.4 Å². The van der Waals surface area contributed by atoms with Crippen molar-refractivity contribution in [3.63, 3.8) is 0 Å². The van der Waals surface area contributed by atoms with E-state index in [9.17, 15) is 24.6 Å². The fourth-order valence-corrected chi connectivity index (χ4v) is 3.04. The fourth-order valence-electron chi connectivity index (χ4n) is 3.04. The molecule has 1 unspecified atom stereocenters. The number of carboxylic acids is 1. The first-order valence-electron chi connectivity index (χ1n) is 9.35. The maximum absolute atomic E-state index is 12.4. The van der Waals surface area contributed by atoms with Crippen molar-refractivity contribution < 1.29 is 34.1 Å². The molecule has 0 saturated carbocycles. The van der Waals surface area contributed by atoms with E-state index in [-0.39, 0.29) is 35.4 Å². The molecule has 12 heteroatoms. The van der Waals surface area contributed by atoms with Crippen LogP contribution in [0.25, 0.3) is 0 Å². The number of ether oxygens (including phenoxy) is 2. The van der Waals surface area contributed by atoms with Crippen LogP contribution in [0, 0.1) is 0 Å². The van der Waals surface area contributed by atoms with E-state index in [0.29, 0.717) is 11.4 Å². The highest BCUT2D eigenvalue weighted by atomic mass is 16.7. The van der Waals surface area contributed by atoms with Gasteiger partial charge >= 0.3 is 5.97 Å². The van der Waals surface area contributed by atoms with Crippen LogP contribution >= 0.6 is 0 Å². The number of phenolic OH excluding ortho intramolecular Hbond substituents is 1. The highest BCUT2D eigenvalue weighted by molar-refractivity contribution is 5.97. The molecule has 2 aromatic rings. The molecule has 1 aliphatic rings. The van der Waals surface area contributed by atoms with Crippen LogP contribution in [-0.2, 0) is 9.59 Å². The van der Waals surface area contributed by atoms with E-state index in [2.05, 4.69) is 15.6 Å². The predicted octanol–water partition coefficient (Wildman–Crippen LogP) is 0.0878. The smallest absolute Gasteiger partial charge is 0.305 e. The first-order valence-corrected chi connectivity index (χ1v) is 9.35. The first-order chi connectivity index (χ1) is 15.2. The zero-order chi connectivity index (χ0) is 23.3. The largest absolute Gasteiger partial charge is 0.504 e. The zero-order valence-electron chi connectivity index (χ0n) is 16.7. The average Bonchev–Trinajstić information content (AvgIpc) is 3.21. The van der Waals surface area contributed by atoms with Gasteiger partial charge in [-0.25, -0.2) is 4.99 Å².